The van der Waals surface area contributed by atoms with Gasteiger partial charge in [0.2, 0.25) is 0 Å². The van der Waals surface area contributed by atoms with Gasteiger partial charge < -0.3 is 24.7 Å². The number of aromatic amines is 1. The van der Waals surface area contributed by atoms with Crippen LogP contribution in [0.4, 0.5) is 9.18 Å². The van der Waals surface area contributed by atoms with Gasteiger partial charge in [-0.3, -0.25) is 0 Å². The van der Waals surface area contributed by atoms with E-state index in [0.29, 0.717) is 42.1 Å². The second-order valence-corrected chi connectivity index (χ2v) is 7.79. The fourth-order valence-corrected chi connectivity index (χ4v) is 4.00. The topological polar surface area (TPSA) is 96.6 Å². The fourth-order valence-electron chi connectivity index (χ4n) is 3.53. The van der Waals surface area contributed by atoms with E-state index in [1.165, 1.54) is 31.5 Å². The first kappa shape index (κ1) is 21.9. The van der Waals surface area contributed by atoms with Crippen LogP contribution in [-0.2, 0) is 16.0 Å². The smallest absolute Gasteiger partial charge is 0.328 e. The first-order valence-corrected chi connectivity index (χ1v) is 10.9. The van der Waals surface area contributed by atoms with E-state index in [-0.39, 0.29) is 0 Å². The van der Waals surface area contributed by atoms with Crippen molar-refractivity contribution in [2.45, 2.75) is 24.9 Å². The third-order valence-electron chi connectivity index (χ3n) is 5.08. The Morgan fingerprint density at radius 3 is 2.90 bits per heavy atom. The number of ether oxygens (including phenoxy) is 2. The molecule has 1 aliphatic rings. The highest BCUT2D eigenvalue weighted by molar-refractivity contribution is 7.98. The number of thioether (sulfide) groups is 1. The summed E-state index contributed by atoms with van der Waals surface area (Å²) in [7, 11) is 2.75. The molecule has 8 nitrogen and oxygen atoms in total. The van der Waals surface area contributed by atoms with E-state index in [2.05, 4.69) is 15.3 Å². The first-order valence-electron chi connectivity index (χ1n) is 9.49. The Hall–Kier alpha value is -2.75. The molecule has 30 heavy (non-hydrogen) atoms. The largest absolute Gasteiger partial charge is 0.497 e. The third-order valence-corrected chi connectivity index (χ3v) is 5.73. The Morgan fingerprint density at radius 1 is 1.43 bits per heavy atom. The number of urea groups is 1. The monoisotopic (exact) mass is 436 g/mol. The number of carbonyl (C=O) groups excluding carboxylic acids is 2. The third kappa shape index (κ3) is 4.53. The van der Waals surface area contributed by atoms with Crippen molar-refractivity contribution in [1.82, 2.24) is 20.2 Å². The number of hydrogen-bond acceptors (Lipinski definition) is 6. The van der Waals surface area contributed by atoms with Gasteiger partial charge in [0, 0.05) is 30.3 Å². The van der Waals surface area contributed by atoms with Crippen molar-refractivity contribution in [3.05, 3.63) is 47.3 Å². The SMILES string of the molecule is COC(=O)[C@H](CCSC)NC(=O)N1CCc2[nH]cnc2C1c1ccc(OC)cc1F. The highest BCUT2D eigenvalue weighted by atomic mass is 32.2. The molecule has 1 aromatic heterocycles. The van der Waals surface area contributed by atoms with Crippen LogP contribution in [0.2, 0.25) is 0 Å². The molecule has 0 radical (unpaired) electrons. The zero-order valence-corrected chi connectivity index (χ0v) is 17.9. The number of benzene rings is 1. The number of aromatic nitrogens is 2. The molecule has 2 aromatic rings. The van der Waals surface area contributed by atoms with Crippen LogP contribution in [0.1, 0.15) is 29.4 Å². The molecule has 2 heterocycles. The second kappa shape index (κ2) is 9.84. The van der Waals surface area contributed by atoms with Crippen molar-refractivity contribution in [1.29, 1.82) is 0 Å². The molecule has 2 N–H and O–H groups in total. The summed E-state index contributed by atoms with van der Waals surface area (Å²) in [6.45, 7) is 0.341. The van der Waals surface area contributed by atoms with Crippen LogP contribution in [0.5, 0.6) is 5.75 Å². The van der Waals surface area contributed by atoms with Gasteiger partial charge in [-0.05, 0) is 30.6 Å². The lowest BCUT2D eigenvalue weighted by Crippen LogP contribution is -2.51. The van der Waals surface area contributed by atoms with Crippen LogP contribution in [0.25, 0.3) is 0 Å². The molecule has 10 heteroatoms. The quantitative estimate of drug-likeness (QED) is 0.648. The van der Waals surface area contributed by atoms with E-state index >= 15 is 0 Å². The first-order chi connectivity index (χ1) is 14.5. The van der Waals surface area contributed by atoms with E-state index in [9.17, 15) is 14.0 Å². The number of nitrogens with one attached hydrogen (secondary N) is 2. The molecule has 2 amide bonds. The summed E-state index contributed by atoms with van der Waals surface area (Å²) >= 11 is 1.57. The Labute approximate surface area is 178 Å². The molecule has 0 saturated carbocycles. The van der Waals surface area contributed by atoms with Crippen LogP contribution in [0, 0.1) is 5.82 Å². The Balaban J connectivity index is 1.92. The lowest BCUT2D eigenvalue weighted by Gasteiger charge is -2.36. The van der Waals surface area contributed by atoms with Gasteiger partial charge in [0.05, 0.1) is 26.2 Å². The lowest BCUT2D eigenvalue weighted by molar-refractivity contribution is -0.142. The van der Waals surface area contributed by atoms with Crippen LogP contribution in [0.3, 0.4) is 0 Å². The minimum atomic E-state index is -0.781. The maximum atomic E-state index is 14.9. The van der Waals surface area contributed by atoms with Gasteiger partial charge in [0.15, 0.2) is 0 Å². The number of methoxy groups -OCH3 is 2. The fraction of sp³-hybridized carbons (Fsp3) is 0.450. The highest BCUT2D eigenvalue weighted by Gasteiger charge is 2.37. The van der Waals surface area contributed by atoms with Gasteiger partial charge in [-0.25, -0.2) is 19.0 Å². The molecular formula is C20H25FN4O4S. The minimum Gasteiger partial charge on any atom is -0.497 e. The number of amides is 2. The van der Waals surface area contributed by atoms with Gasteiger partial charge in [-0.1, -0.05) is 0 Å². The molecule has 0 saturated heterocycles. The molecular weight excluding hydrogens is 411 g/mol. The van der Waals surface area contributed by atoms with Gasteiger partial charge in [-0.15, -0.1) is 0 Å². The molecule has 3 rings (SSSR count). The predicted molar refractivity (Wildman–Crippen MR) is 111 cm³/mol. The van der Waals surface area contributed by atoms with E-state index in [1.54, 1.807) is 23.9 Å². The normalized spacial score (nSPS) is 16.5. The number of rotatable bonds is 7. The molecule has 0 spiro atoms. The predicted octanol–water partition coefficient (Wildman–Crippen LogP) is 2.51. The van der Waals surface area contributed by atoms with Crippen molar-refractivity contribution in [3.8, 4) is 5.75 Å². The maximum absolute atomic E-state index is 14.9. The molecule has 0 bridgehead atoms. The average Bonchev–Trinajstić information content (AvgIpc) is 3.24. The number of esters is 1. The van der Waals surface area contributed by atoms with E-state index < -0.39 is 29.9 Å². The average molecular weight is 437 g/mol. The molecule has 0 aliphatic carbocycles. The van der Waals surface area contributed by atoms with Crippen LogP contribution >= 0.6 is 11.8 Å². The number of nitrogens with zero attached hydrogens (tertiary/aromatic N) is 2. The number of halogens is 1. The summed E-state index contributed by atoms with van der Waals surface area (Å²) in [5.41, 5.74) is 1.74. The summed E-state index contributed by atoms with van der Waals surface area (Å²) < 4.78 is 24.8. The number of fused-ring (bicyclic) bond motifs is 1. The zero-order chi connectivity index (χ0) is 21.7. The number of carbonyl (C=O) groups is 2. The van der Waals surface area contributed by atoms with Gasteiger partial charge >= 0.3 is 12.0 Å². The van der Waals surface area contributed by atoms with Crippen molar-refractivity contribution >= 4 is 23.8 Å². The molecule has 1 unspecified atom stereocenters. The van der Waals surface area contributed by atoms with Gasteiger partial charge in [0.25, 0.3) is 0 Å². The maximum Gasteiger partial charge on any atom is 0.328 e. The molecule has 1 aromatic carbocycles. The minimum absolute atomic E-state index is 0.303. The lowest BCUT2D eigenvalue weighted by atomic mass is 9.95. The molecule has 2 atom stereocenters. The standard InChI is InChI=1S/C20H25FN4O4S/c1-28-12-4-5-13(14(21)10-12)18-17-15(22-11-23-17)6-8-25(18)20(27)24-16(7-9-30-3)19(26)29-2/h4-5,10-11,16,18H,6-9H2,1-3H3,(H,22,23)(H,24,27)/t16-,18?/m0/s1. The second-order valence-electron chi connectivity index (χ2n) is 6.81. The van der Waals surface area contributed by atoms with E-state index in [0.717, 1.165) is 5.69 Å². The summed E-state index contributed by atoms with van der Waals surface area (Å²) in [6.07, 6.45) is 4.44. The number of imidazole rings is 1. The van der Waals surface area contributed by atoms with E-state index in [1.807, 2.05) is 6.26 Å². The van der Waals surface area contributed by atoms with Crippen molar-refractivity contribution in [2.75, 3.05) is 32.8 Å². The summed E-state index contributed by atoms with van der Waals surface area (Å²) in [4.78, 5) is 34.2. The van der Waals surface area contributed by atoms with Crippen LogP contribution < -0.4 is 10.1 Å². The Kier molecular flexibility index (Phi) is 7.20. The summed E-state index contributed by atoms with van der Waals surface area (Å²) in [6, 6.07) is 2.53. The van der Waals surface area contributed by atoms with Crippen molar-refractivity contribution < 1.29 is 23.5 Å². The molecule has 1 aliphatic heterocycles. The van der Waals surface area contributed by atoms with Crippen LogP contribution in [-0.4, -0.2) is 65.7 Å². The van der Waals surface area contributed by atoms with Crippen LogP contribution in [0.15, 0.2) is 24.5 Å². The Bertz CT molecular complexity index is 907. The summed E-state index contributed by atoms with van der Waals surface area (Å²) in [5, 5.41) is 2.75. The van der Waals surface area contributed by atoms with Gasteiger partial charge in [-0.2, -0.15) is 11.8 Å². The number of H-pyrrole nitrogens is 1. The highest BCUT2D eigenvalue weighted by Crippen LogP contribution is 2.35. The molecule has 162 valence electrons. The van der Waals surface area contributed by atoms with Crippen molar-refractivity contribution in [2.24, 2.45) is 0 Å². The molecule has 0 fully saturated rings. The van der Waals surface area contributed by atoms with E-state index in [4.69, 9.17) is 9.47 Å². The Morgan fingerprint density at radius 2 is 2.23 bits per heavy atom. The number of hydrogen-bond donors (Lipinski definition) is 2. The zero-order valence-electron chi connectivity index (χ0n) is 17.1. The summed E-state index contributed by atoms with van der Waals surface area (Å²) in [5.74, 6) is 0.0511. The van der Waals surface area contributed by atoms with Crippen molar-refractivity contribution in [3.63, 3.8) is 0 Å². The van der Waals surface area contributed by atoms with Gasteiger partial charge in [0.1, 0.15) is 23.7 Å².